The van der Waals surface area contributed by atoms with Crippen molar-refractivity contribution in [2.45, 2.75) is 19.8 Å². The number of aromatic hydroxyl groups is 2. The van der Waals surface area contributed by atoms with E-state index < -0.39 is 0 Å². The van der Waals surface area contributed by atoms with Gasteiger partial charge in [-0.25, -0.2) is 0 Å². The van der Waals surface area contributed by atoms with Gasteiger partial charge in [0.2, 0.25) is 0 Å². The Morgan fingerprint density at radius 2 is 1.15 bits per heavy atom. The van der Waals surface area contributed by atoms with Gasteiger partial charge in [-0.1, -0.05) is 6.07 Å². The van der Waals surface area contributed by atoms with Crippen LogP contribution in [0.3, 0.4) is 0 Å². The van der Waals surface area contributed by atoms with E-state index in [0.29, 0.717) is 27.8 Å². The number of aliphatic hydroxyl groups excluding tert-OH is 3. The molecule has 0 unspecified atom stereocenters. The number of rotatable bonds is 4. The second-order valence-corrected chi connectivity index (χ2v) is 4.46. The van der Waals surface area contributed by atoms with Crippen LogP contribution in [0.5, 0.6) is 11.5 Å². The topological polar surface area (TPSA) is 101 Å². The fraction of sp³-hybridized carbons (Fsp3) is 0.200. The second-order valence-electron chi connectivity index (χ2n) is 4.46. The molecule has 0 aliphatic rings. The summed E-state index contributed by atoms with van der Waals surface area (Å²) in [5.41, 5.74) is 2.38. The van der Waals surface area contributed by atoms with Crippen LogP contribution in [0.15, 0.2) is 30.3 Å². The normalized spacial score (nSPS) is 10.8. The van der Waals surface area contributed by atoms with Crippen LogP contribution in [0.25, 0.3) is 11.1 Å². The molecule has 106 valence electrons. The highest BCUT2D eigenvalue weighted by Crippen LogP contribution is 2.32. The Morgan fingerprint density at radius 1 is 0.650 bits per heavy atom. The first-order chi connectivity index (χ1) is 9.60. The average Bonchev–Trinajstić information content (AvgIpc) is 2.48. The quantitative estimate of drug-likeness (QED) is 0.578. The van der Waals surface area contributed by atoms with Crippen LogP contribution in [0.1, 0.15) is 16.7 Å². The minimum Gasteiger partial charge on any atom is -0.508 e. The summed E-state index contributed by atoms with van der Waals surface area (Å²) in [6.45, 7) is -0.993. The Kier molecular flexibility index (Phi) is 4.24. The molecular weight excluding hydrogens is 260 g/mol. The molecule has 0 aromatic heterocycles. The summed E-state index contributed by atoms with van der Waals surface area (Å²) in [5.74, 6) is -0.125. The van der Waals surface area contributed by atoms with Gasteiger partial charge in [0, 0.05) is 16.7 Å². The summed E-state index contributed by atoms with van der Waals surface area (Å²) in [7, 11) is 0. The van der Waals surface area contributed by atoms with Crippen LogP contribution in [0.4, 0.5) is 0 Å². The highest BCUT2D eigenvalue weighted by Gasteiger charge is 2.11. The van der Waals surface area contributed by atoms with Crippen molar-refractivity contribution < 1.29 is 25.5 Å². The maximum Gasteiger partial charge on any atom is 0.126 e. The molecule has 0 radical (unpaired) electrons. The molecule has 0 spiro atoms. The van der Waals surface area contributed by atoms with Crippen LogP contribution in [-0.4, -0.2) is 25.5 Å². The van der Waals surface area contributed by atoms with Gasteiger partial charge in [-0.05, 0) is 35.4 Å². The smallest absolute Gasteiger partial charge is 0.126 e. The number of aliphatic hydroxyl groups is 3. The molecule has 0 saturated carbocycles. The fourth-order valence-electron chi connectivity index (χ4n) is 2.06. The first kappa shape index (κ1) is 14.3. The maximum absolute atomic E-state index is 9.81. The lowest BCUT2D eigenvalue weighted by molar-refractivity contribution is 0.264. The third-order valence-corrected chi connectivity index (χ3v) is 3.19. The third-order valence-electron chi connectivity index (χ3n) is 3.19. The molecule has 0 saturated heterocycles. The largest absolute Gasteiger partial charge is 0.508 e. The van der Waals surface area contributed by atoms with E-state index in [4.69, 9.17) is 5.11 Å². The molecule has 5 N–H and O–H groups in total. The van der Waals surface area contributed by atoms with Crippen molar-refractivity contribution in [1.29, 1.82) is 0 Å². The number of hydrogen-bond donors (Lipinski definition) is 5. The van der Waals surface area contributed by atoms with Gasteiger partial charge in [0.05, 0.1) is 19.8 Å². The zero-order chi connectivity index (χ0) is 14.7. The first-order valence-corrected chi connectivity index (χ1v) is 6.10. The molecule has 20 heavy (non-hydrogen) atoms. The van der Waals surface area contributed by atoms with Crippen molar-refractivity contribution in [1.82, 2.24) is 0 Å². The summed E-state index contributed by atoms with van der Waals surface area (Å²) >= 11 is 0. The molecule has 0 aliphatic carbocycles. The van der Waals surface area contributed by atoms with Crippen molar-refractivity contribution in [3.05, 3.63) is 47.0 Å². The molecule has 0 fully saturated rings. The molecule has 0 amide bonds. The Morgan fingerprint density at radius 3 is 1.65 bits per heavy atom. The number of benzene rings is 2. The molecule has 2 rings (SSSR count). The van der Waals surface area contributed by atoms with Gasteiger partial charge in [0.1, 0.15) is 11.5 Å². The number of hydrogen-bond acceptors (Lipinski definition) is 5. The molecule has 2 aromatic rings. The van der Waals surface area contributed by atoms with Crippen LogP contribution >= 0.6 is 0 Å². The van der Waals surface area contributed by atoms with Crippen LogP contribution in [0.2, 0.25) is 0 Å². The van der Waals surface area contributed by atoms with E-state index in [-0.39, 0.29) is 31.3 Å². The monoisotopic (exact) mass is 276 g/mol. The van der Waals surface area contributed by atoms with E-state index in [1.54, 1.807) is 24.3 Å². The summed E-state index contributed by atoms with van der Waals surface area (Å²) in [5, 5.41) is 47.0. The van der Waals surface area contributed by atoms with E-state index in [1.165, 1.54) is 6.07 Å². The lowest BCUT2D eigenvalue weighted by Crippen LogP contribution is -1.94. The number of phenols is 2. The fourth-order valence-corrected chi connectivity index (χ4v) is 2.06. The summed E-state index contributed by atoms with van der Waals surface area (Å²) in [6, 6.07) is 7.93. The van der Waals surface area contributed by atoms with Crippen molar-refractivity contribution in [2.24, 2.45) is 0 Å². The van der Waals surface area contributed by atoms with Gasteiger partial charge >= 0.3 is 0 Å². The summed E-state index contributed by atoms with van der Waals surface area (Å²) < 4.78 is 0. The van der Waals surface area contributed by atoms with Gasteiger partial charge in [0.25, 0.3) is 0 Å². The van der Waals surface area contributed by atoms with Gasteiger partial charge < -0.3 is 25.5 Å². The van der Waals surface area contributed by atoms with E-state index >= 15 is 0 Å². The first-order valence-electron chi connectivity index (χ1n) is 6.10. The van der Waals surface area contributed by atoms with E-state index in [2.05, 4.69) is 0 Å². The molecular formula is C15H16O5. The lowest BCUT2D eigenvalue weighted by Gasteiger charge is -2.12. The molecule has 2 aromatic carbocycles. The highest BCUT2D eigenvalue weighted by atomic mass is 16.3. The zero-order valence-corrected chi connectivity index (χ0v) is 10.7. The Labute approximate surface area is 116 Å². The predicted octanol–water partition coefficient (Wildman–Crippen LogP) is 1.24. The summed E-state index contributed by atoms with van der Waals surface area (Å²) in [4.78, 5) is 0. The van der Waals surface area contributed by atoms with Gasteiger partial charge in [0.15, 0.2) is 0 Å². The van der Waals surface area contributed by atoms with E-state index in [1.807, 2.05) is 0 Å². The minimum absolute atomic E-state index is 0.000193. The summed E-state index contributed by atoms with van der Waals surface area (Å²) in [6.07, 6.45) is 0. The average molecular weight is 276 g/mol. The Balaban J connectivity index is 2.57. The third kappa shape index (κ3) is 2.60. The lowest BCUT2D eigenvalue weighted by atomic mass is 9.97. The molecule has 0 bridgehead atoms. The van der Waals surface area contributed by atoms with Crippen molar-refractivity contribution in [2.75, 3.05) is 0 Å². The van der Waals surface area contributed by atoms with Gasteiger partial charge in [-0.2, -0.15) is 0 Å². The van der Waals surface area contributed by atoms with Gasteiger partial charge in [-0.3, -0.25) is 0 Å². The van der Waals surface area contributed by atoms with Crippen LogP contribution in [0, 0.1) is 0 Å². The maximum atomic E-state index is 9.81. The molecule has 5 nitrogen and oxygen atoms in total. The predicted molar refractivity (Wildman–Crippen MR) is 73.0 cm³/mol. The Hall–Kier alpha value is -2.08. The second kappa shape index (κ2) is 5.92. The standard InChI is InChI=1S/C15H16O5/c16-6-11-3-9(1-2-14(11)19)10-4-12(7-17)15(20)13(5-10)8-18/h1-5,16-20H,6-8H2. The van der Waals surface area contributed by atoms with E-state index in [9.17, 15) is 20.4 Å². The van der Waals surface area contributed by atoms with Crippen molar-refractivity contribution >= 4 is 0 Å². The minimum atomic E-state index is -0.350. The highest BCUT2D eigenvalue weighted by molar-refractivity contribution is 5.69. The molecule has 5 heteroatoms. The van der Waals surface area contributed by atoms with Crippen molar-refractivity contribution in [3.63, 3.8) is 0 Å². The van der Waals surface area contributed by atoms with Crippen LogP contribution in [-0.2, 0) is 19.8 Å². The molecule has 0 aliphatic heterocycles. The molecule has 0 heterocycles. The SMILES string of the molecule is OCc1cc(-c2cc(CO)c(O)c(CO)c2)ccc1O. The van der Waals surface area contributed by atoms with Crippen LogP contribution < -0.4 is 0 Å². The zero-order valence-electron chi connectivity index (χ0n) is 10.7. The van der Waals surface area contributed by atoms with Crippen molar-refractivity contribution in [3.8, 4) is 22.6 Å². The van der Waals surface area contributed by atoms with E-state index in [0.717, 1.165) is 0 Å². The Bertz CT molecular complexity index is 597. The molecule has 0 atom stereocenters. The van der Waals surface area contributed by atoms with Gasteiger partial charge in [-0.15, -0.1) is 0 Å².